The van der Waals surface area contributed by atoms with Crippen LogP contribution in [0.3, 0.4) is 0 Å². The van der Waals surface area contributed by atoms with E-state index in [0.29, 0.717) is 26.4 Å². The van der Waals surface area contributed by atoms with Crippen molar-refractivity contribution in [2.24, 2.45) is 0 Å². The Balaban J connectivity index is 1.85. The zero-order chi connectivity index (χ0) is 10.7. The van der Waals surface area contributed by atoms with Crippen molar-refractivity contribution in [3.63, 3.8) is 0 Å². The molecule has 1 rings (SSSR count). The lowest BCUT2D eigenvalue weighted by Crippen LogP contribution is -2.27. The fraction of sp³-hybridized carbons (Fsp3) is 1.00. The molecule has 14 heavy (non-hydrogen) atoms. The summed E-state index contributed by atoms with van der Waals surface area (Å²) in [5.41, 5.74) is -1.33. The van der Waals surface area contributed by atoms with Crippen molar-refractivity contribution in [3.8, 4) is 0 Å². The number of hydrogen-bond acceptors (Lipinski definition) is 4. The van der Waals surface area contributed by atoms with E-state index >= 15 is 0 Å². The summed E-state index contributed by atoms with van der Waals surface area (Å²) in [4.78, 5) is 0. The van der Waals surface area contributed by atoms with E-state index in [-0.39, 0.29) is 0 Å². The number of rotatable bonds is 7. The van der Waals surface area contributed by atoms with E-state index in [2.05, 4.69) is 0 Å². The van der Waals surface area contributed by atoms with Crippen LogP contribution in [-0.2, 0) is 9.47 Å². The normalized spacial score (nSPS) is 19.7. The molecule has 0 unspecified atom stereocenters. The molecule has 0 aromatic heterocycles. The summed E-state index contributed by atoms with van der Waals surface area (Å²) in [6.45, 7) is 5.03. The smallest absolute Gasteiger partial charge is 0.0882 e. The van der Waals surface area contributed by atoms with Crippen LogP contribution in [0.25, 0.3) is 0 Å². The molecule has 4 heteroatoms. The molecule has 1 saturated carbocycles. The van der Waals surface area contributed by atoms with Crippen LogP contribution in [0.15, 0.2) is 0 Å². The van der Waals surface area contributed by atoms with Crippen LogP contribution in [0.5, 0.6) is 0 Å². The second kappa shape index (κ2) is 4.57. The monoisotopic (exact) mass is 204 g/mol. The van der Waals surface area contributed by atoms with Gasteiger partial charge in [-0.3, -0.25) is 0 Å². The van der Waals surface area contributed by atoms with Crippen LogP contribution >= 0.6 is 0 Å². The Morgan fingerprint density at radius 1 is 1.21 bits per heavy atom. The third-order valence-electron chi connectivity index (χ3n) is 2.03. The minimum absolute atomic E-state index is 0.306. The molecule has 1 aliphatic carbocycles. The molecule has 0 radical (unpaired) electrons. The van der Waals surface area contributed by atoms with Gasteiger partial charge in [0.05, 0.1) is 37.6 Å². The van der Waals surface area contributed by atoms with Crippen molar-refractivity contribution in [2.45, 2.75) is 37.9 Å². The first-order valence-corrected chi connectivity index (χ1v) is 5.02. The topological polar surface area (TPSA) is 58.9 Å². The highest BCUT2D eigenvalue weighted by atomic mass is 16.5. The lowest BCUT2D eigenvalue weighted by molar-refractivity contribution is -0.0487. The summed E-state index contributed by atoms with van der Waals surface area (Å²) >= 11 is 0. The summed E-state index contributed by atoms with van der Waals surface area (Å²) in [5, 5.41) is 18.7. The van der Waals surface area contributed by atoms with Crippen molar-refractivity contribution in [2.75, 3.05) is 26.4 Å². The molecule has 0 saturated heterocycles. The average molecular weight is 204 g/mol. The van der Waals surface area contributed by atoms with Crippen LogP contribution in [0.2, 0.25) is 0 Å². The predicted molar refractivity (Wildman–Crippen MR) is 52.1 cm³/mol. The van der Waals surface area contributed by atoms with E-state index in [0.717, 1.165) is 12.8 Å². The van der Waals surface area contributed by atoms with Gasteiger partial charge in [-0.2, -0.15) is 0 Å². The maximum atomic E-state index is 9.41. The van der Waals surface area contributed by atoms with Crippen molar-refractivity contribution in [1.82, 2.24) is 0 Å². The Labute approximate surface area is 84.8 Å². The van der Waals surface area contributed by atoms with Gasteiger partial charge in [-0.15, -0.1) is 0 Å². The molecule has 0 heterocycles. The minimum Gasteiger partial charge on any atom is -0.388 e. The SMILES string of the molecule is CC(C)(O)COCCOCC1(O)CC1. The van der Waals surface area contributed by atoms with E-state index in [1.165, 1.54) is 0 Å². The zero-order valence-corrected chi connectivity index (χ0v) is 8.95. The summed E-state index contributed by atoms with van der Waals surface area (Å²) in [7, 11) is 0. The average Bonchev–Trinajstić information content (AvgIpc) is 2.75. The van der Waals surface area contributed by atoms with Gasteiger partial charge >= 0.3 is 0 Å². The molecule has 0 aromatic carbocycles. The summed E-state index contributed by atoms with van der Waals surface area (Å²) < 4.78 is 10.4. The van der Waals surface area contributed by atoms with Crippen molar-refractivity contribution < 1.29 is 19.7 Å². The van der Waals surface area contributed by atoms with Crippen LogP contribution in [0, 0.1) is 0 Å². The van der Waals surface area contributed by atoms with Gasteiger partial charge in [0.1, 0.15) is 0 Å². The zero-order valence-electron chi connectivity index (χ0n) is 8.95. The van der Waals surface area contributed by atoms with Crippen molar-refractivity contribution >= 4 is 0 Å². The Morgan fingerprint density at radius 3 is 2.29 bits per heavy atom. The Hall–Kier alpha value is -0.160. The maximum Gasteiger partial charge on any atom is 0.0882 e. The highest BCUT2D eigenvalue weighted by Crippen LogP contribution is 2.34. The Bertz CT molecular complexity index is 160. The summed E-state index contributed by atoms with van der Waals surface area (Å²) in [6, 6.07) is 0. The summed E-state index contributed by atoms with van der Waals surface area (Å²) in [6.07, 6.45) is 1.69. The highest BCUT2D eigenvalue weighted by Gasteiger charge is 2.40. The van der Waals surface area contributed by atoms with E-state index in [1.807, 2.05) is 0 Å². The number of aliphatic hydroxyl groups is 2. The van der Waals surface area contributed by atoms with Crippen molar-refractivity contribution in [1.29, 1.82) is 0 Å². The molecular formula is C10H20O4. The second-order valence-corrected chi connectivity index (χ2v) is 4.64. The molecule has 0 aromatic rings. The molecule has 0 spiro atoms. The first-order valence-electron chi connectivity index (χ1n) is 5.02. The molecule has 2 N–H and O–H groups in total. The molecule has 0 bridgehead atoms. The number of hydrogen-bond donors (Lipinski definition) is 2. The Kier molecular flexibility index (Phi) is 3.89. The van der Waals surface area contributed by atoms with Crippen LogP contribution in [0.4, 0.5) is 0 Å². The third-order valence-corrected chi connectivity index (χ3v) is 2.03. The predicted octanol–water partition coefficient (Wildman–Crippen LogP) is 0.315. The Morgan fingerprint density at radius 2 is 1.79 bits per heavy atom. The van der Waals surface area contributed by atoms with E-state index in [4.69, 9.17) is 9.47 Å². The van der Waals surface area contributed by atoms with Gasteiger partial charge in [0, 0.05) is 0 Å². The van der Waals surface area contributed by atoms with E-state index < -0.39 is 11.2 Å². The molecule has 0 atom stereocenters. The van der Waals surface area contributed by atoms with E-state index in [9.17, 15) is 10.2 Å². The van der Waals surface area contributed by atoms with Gasteiger partial charge in [-0.1, -0.05) is 0 Å². The van der Waals surface area contributed by atoms with Gasteiger partial charge in [-0.25, -0.2) is 0 Å². The third kappa shape index (κ3) is 5.54. The van der Waals surface area contributed by atoms with E-state index in [1.54, 1.807) is 13.8 Å². The molecule has 1 aliphatic rings. The van der Waals surface area contributed by atoms with Crippen LogP contribution in [0.1, 0.15) is 26.7 Å². The lowest BCUT2D eigenvalue weighted by atomic mass is 10.2. The highest BCUT2D eigenvalue weighted by molar-refractivity contribution is 4.92. The van der Waals surface area contributed by atoms with Gasteiger partial charge in [0.2, 0.25) is 0 Å². The summed E-state index contributed by atoms with van der Waals surface area (Å²) in [5.74, 6) is 0. The van der Waals surface area contributed by atoms with Gasteiger partial charge in [-0.05, 0) is 26.7 Å². The second-order valence-electron chi connectivity index (χ2n) is 4.64. The molecule has 0 amide bonds. The van der Waals surface area contributed by atoms with Crippen LogP contribution < -0.4 is 0 Å². The van der Waals surface area contributed by atoms with Gasteiger partial charge in [0.15, 0.2) is 0 Å². The van der Waals surface area contributed by atoms with Crippen molar-refractivity contribution in [3.05, 3.63) is 0 Å². The molecular weight excluding hydrogens is 184 g/mol. The fourth-order valence-electron chi connectivity index (χ4n) is 0.991. The lowest BCUT2D eigenvalue weighted by Gasteiger charge is -2.17. The van der Waals surface area contributed by atoms with Gasteiger partial charge in [0.25, 0.3) is 0 Å². The fourth-order valence-corrected chi connectivity index (χ4v) is 0.991. The number of ether oxygens (including phenoxy) is 2. The quantitative estimate of drug-likeness (QED) is 0.586. The largest absolute Gasteiger partial charge is 0.388 e. The first kappa shape index (κ1) is 11.9. The molecule has 4 nitrogen and oxygen atoms in total. The minimum atomic E-state index is -0.783. The van der Waals surface area contributed by atoms with Crippen LogP contribution in [-0.4, -0.2) is 47.8 Å². The standard InChI is InChI=1S/C10H20O4/c1-9(2,11)7-13-5-6-14-8-10(12)3-4-10/h11-12H,3-8H2,1-2H3. The molecule has 1 fully saturated rings. The van der Waals surface area contributed by atoms with Gasteiger partial charge < -0.3 is 19.7 Å². The molecule has 84 valence electrons. The first-order chi connectivity index (χ1) is 6.41. The molecule has 0 aliphatic heterocycles. The maximum absolute atomic E-state index is 9.41.